The molecule has 0 radical (unpaired) electrons. The number of hydrogen-bond donors (Lipinski definition) is 2. The standard InChI is InChI=1S/C15H12N4O3S/c16-5-9-1-3-10(4-2-9)17-14-11-6-22-7-12(11)18-15(19-14)23-8-13(20)21/h1-4H,6-8H2,(H,20,21)(H,17,18,19). The Balaban J connectivity index is 1.87. The SMILES string of the molecule is N#Cc1ccc(Nc2nc(SCC(=O)O)nc3c2COC3)cc1. The average molecular weight is 328 g/mol. The quantitative estimate of drug-likeness (QED) is 0.636. The van der Waals surface area contributed by atoms with Gasteiger partial charge in [-0.25, -0.2) is 9.97 Å². The maximum Gasteiger partial charge on any atom is 0.313 e. The van der Waals surface area contributed by atoms with Crippen molar-refractivity contribution in [2.45, 2.75) is 18.4 Å². The highest BCUT2D eigenvalue weighted by atomic mass is 32.2. The molecule has 0 spiro atoms. The molecule has 0 aliphatic carbocycles. The van der Waals surface area contributed by atoms with E-state index in [0.717, 1.165) is 28.7 Å². The van der Waals surface area contributed by atoms with Gasteiger partial charge in [0, 0.05) is 11.3 Å². The van der Waals surface area contributed by atoms with Crippen LogP contribution in [0.1, 0.15) is 16.8 Å². The van der Waals surface area contributed by atoms with Crippen molar-refractivity contribution in [1.82, 2.24) is 9.97 Å². The molecule has 0 fully saturated rings. The number of fused-ring (bicyclic) bond motifs is 1. The van der Waals surface area contributed by atoms with Gasteiger partial charge in [-0.3, -0.25) is 4.79 Å². The van der Waals surface area contributed by atoms with Crippen molar-refractivity contribution in [1.29, 1.82) is 5.26 Å². The molecular formula is C15H12N4O3S. The van der Waals surface area contributed by atoms with Crippen LogP contribution in [0, 0.1) is 11.3 Å². The Kier molecular flexibility index (Phi) is 4.41. The number of aromatic nitrogens is 2. The Morgan fingerprint density at radius 2 is 2.13 bits per heavy atom. The van der Waals surface area contributed by atoms with Gasteiger partial charge in [-0.2, -0.15) is 5.26 Å². The van der Waals surface area contributed by atoms with E-state index >= 15 is 0 Å². The minimum Gasteiger partial charge on any atom is -0.481 e. The first-order valence-electron chi connectivity index (χ1n) is 6.75. The maximum absolute atomic E-state index is 10.7. The molecule has 1 aliphatic heterocycles. The van der Waals surface area contributed by atoms with Crippen LogP contribution in [0.15, 0.2) is 29.4 Å². The molecule has 2 heterocycles. The summed E-state index contributed by atoms with van der Waals surface area (Å²) in [6.45, 7) is 0.804. The fourth-order valence-electron chi connectivity index (χ4n) is 2.09. The second kappa shape index (κ2) is 6.64. The summed E-state index contributed by atoms with van der Waals surface area (Å²) in [6, 6.07) is 9.05. The molecule has 2 N–H and O–H groups in total. The molecular weight excluding hydrogens is 316 g/mol. The highest BCUT2D eigenvalue weighted by Gasteiger charge is 2.20. The summed E-state index contributed by atoms with van der Waals surface area (Å²) in [7, 11) is 0. The van der Waals surface area contributed by atoms with Gasteiger partial charge in [0.25, 0.3) is 0 Å². The van der Waals surface area contributed by atoms with E-state index in [1.54, 1.807) is 24.3 Å². The molecule has 7 nitrogen and oxygen atoms in total. The summed E-state index contributed by atoms with van der Waals surface area (Å²) >= 11 is 1.06. The van der Waals surface area contributed by atoms with Gasteiger partial charge >= 0.3 is 5.97 Å². The lowest BCUT2D eigenvalue weighted by Crippen LogP contribution is -2.05. The lowest BCUT2D eigenvalue weighted by molar-refractivity contribution is -0.133. The van der Waals surface area contributed by atoms with Crippen molar-refractivity contribution < 1.29 is 14.6 Å². The second-order valence-corrected chi connectivity index (χ2v) is 5.71. The molecule has 0 unspecified atom stereocenters. The van der Waals surface area contributed by atoms with E-state index < -0.39 is 5.97 Å². The van der Waals surface area contributed by atoms with Crippen molar-refractivity contribution in [3.63, 3.8) is 0 Å². The van der Waals surface area contributed by atoms with Crippen molar-refractivity contribution in [3.05, 3.63) is 41.1 Å². The van der Waals surface area contributed by atoms with Crippen LogP contribution in [0.25, 0.3) is 0 Å². The van der Waals surface area contributed by atoms with E-state index in [0.29, 0.717) is 29.8 Å². The zero-order valence-electron chi connectivity index (χ0n) is 11.9. The van der Waals surface area contributed by atoms with Crippen LogP contribution in [0.4, 0.5) is 11.5 Å². The van der Waals surface area contributed by atoms with Crippen LogP contribution >= 0.6 is 11.8 Å². The highest BCUT2D eigenvalue weighted by Crippen LogP contribution is 2.29. The van der Waals surface area contributed by atoms with Crippen LogP contribution in [0.2, 0.25) is 0 Å². The zero-order chi connectivity index (χ0) is 16.2. The molecule has 1 aromatic carbocycles. The van der Waals surface area contributed by atoms with Gasteiger partial charge in [0.1, 0.15) is 5.82 Å². The minimum atomic E-state index is -0.919. The lowest BCUT2D eigenvalue weighted by Gasteiger charge is -2.11. The molecule has 0 amide bonds. The molecule has 0 bridgehead atoms. The van der Waals surface area contributed by atoms with E-state index in [-0.39, 0.29) is 5.75 Å². The van der Waals surface area contributed by atoms with Crippen molar-refractivity contribution in [2.75, 3.05) is 11.1 Å². The largest absolute Gasteiger partial charge is 0.481 e. The number of nitriles is 1. The summed E-state index contributed by atoms with van der Waals surface area (Å²) in [5.41, 5.74) is 2.99. The Morgan fingerprint density at radius 1 is 1.35 bits per heavy atom. The summed E-state index contributed by atoms with van der Waals surface area (Å²) in [5, 5.41) is 21.2. The summed E-state index contributed by atoms with van der Waals surface area (Å²) < 4.78 is 5.40. The molecule has 1 aliphatic rings. The predicted octanol–water partition coefficient (Wildman–Crippen LogP) is 2.30. The van der Waals surface area contributed by atoms with Gasteiger partial charge in [-0.15, -0.1) is 0 Å². The van der Waals surface area contributed by atoms with Gasteiger partial charge in [-0.1, -0.05) is 11.8 Å². The number of carbonyl (C=O) groups is 1. The number of benzene rings is 1. The number of thioether (sulfide) groups is 1. The van der Waals surface area contributed by atoms with Crippen LogP contribution in [-0.4, -0.2) is 26.8 Å². The lowest BCUT2D eigenvalue weighted by atomic mass is 10.2. The van der Waals surface area contributed by atoms with Gasteiger partial charge < -0.3 is 15.2 Å². The molecule has 23 heavy (non-hydrogen) atoms. The number of rotatable bonds is 5. The molecule has 8 heteroatoms. The number of carboxylic acid groups (broad SMARTS) is 1. The predicted molar refractivity (Wildman–Crippen MR) is 83.3 cm³/mol. The topological polar surface area (TPSA) is 108 Å². The smallest absolute Gasteiger partial charge is 0.313 e. The second-order valence-electron chi connectivity index (χ2n) is 4.77. The maximum atomic E-state index is 10.7. The Bertz CT molecular complexity index is 787. The third-order valence-electron chi connectivity index (χ3n) is 3.16. The van der Waals surface area contributed by atoms with Crippen molar-refractivity contribution in [2.24, 2.45) is 0 Å². The van der Waals surface area contributed by atoms with Crippen LogP contribution < -0.4 is 5.32 Å². The van der Waals surface area contributed by atoms with E-state index in [4.69, 9.17) is 15.1 Å². The minimum absolute atomic E-state index is 0.101. The molecule has 0 saturated carbocycles. The molecule has 0 atom stereocenters. The number of nitrogens with one attached hydrogen (secondary N) is 1. The Hall–Kier alpha value is -2.63. The highest BCUT2D eigenvalue weighted by molar-refractivity contribution is 7.99. The molecule has 116 valence electrons. The fraction of sp³-hybridized carbons (Fsp3) is 0.200. The molecule has 1 aromatic heterocycles. The van der Waals surface area contributed by atoms with Gasteiger partial charge in [0.15, 0.2) is 5.16 Å². The van der Waals surface area contributed by atoms with Crippen LogP contribution in [0.3, 0.4) is 0 Å². The first-order chi connectivity index (χ1) is 11.2. The van der Waals surface area contributed by atoms with E-state index in [9.17, 15) is 4.79 Å². The third kappa shape index (κ3) is 3.59. The van der Waals surface area contributed by atoms with Crippen molar-refractivity contribution in [3.8, 4) is 6.07 Å². The normalized spacial score (nSPS) is 12.5. The number of aliphatic carboxylic acids is 1. The summed E-state index contributed by atoms with van der Waals surface area (Å²) in [6.07, 6.45) is 0. The average Bonchev–Trinajstić information content (AvgIpc) is 3.02. The van der Waals surface area contributed by atoms with Crippen LogP contribution in [-0.2, 0) is 22.7 Å². The summed E-state index contributed by atoms with van der Waals surface area (Å²) in [4.78, 5) is 19.4. The van der Waals surface area contributed by atoms with E-state index in [1.807, 2.05) is 0 Å². The number of carboxylic acids is 1. The number of anilines is 2. The molecule has 3 rings (SSSR count). The monoisotopic (exact) mass is 328 g/mol. The number of ether oxygens (including phenoxy) is 1. The Labute approximate surface area is 136 Å². The van der Waals surface area contributed by atoms with Gasteiger partial charge in [0.2, 0.25) is 0 Å². The molecule has 2 aromatic rings. The molecule has 0 saturated heterocycles. The zero-order valence-corrected chi connectivity index (χ0v) is 12.8. The number of nitrogens with zero attached hydrogens (tertiary/aromatic N) is 3. The van der Waals surface area contributed by atoms with E-state index in [2.05, 4.69) is 21.4 Å². The number of hydrogen-bond acceptors (Lipinski definition) is 7. The third-order valence-corrected chi connectivity index (χ3v) is 3.99. The fourth-order valence-corrected chi connectivity index (χ4v) is 2.67. The van der Waals surface area contributed by atoms with E-state index in [1.165, 1.54) is 0 Å². The van der Waals surface area contributed by atoms with Gasteiger partial charge in [0.05, 0.1) is 36.3 Å². The van der Waals surface area contributed by atoms with Crippen LogP contribution in [0.5, 0.6) is 0 Å². The Morgan fingerprint density at radius 3 is 2.83 bits per heavy atom. The first kappa shape index (κ1) is 15.3. The van der Waals surface area contributed by atoms with Crippen molar-refractivity contribution >= 4 is 29.2 Å². The van der Waals surface area contributed by atoms with Gasteiger partial charge in [-0.05, 0) is 24.3 Å². The first-order valence-corrected chi connectivity index (χ1v) is 7.73. The summed E-state index contributed by atoms with van der Waals surface area (Å²) in [5.74, 6) is -0.419.